The van der Waals surface area contributed by atoms with E-state index in [4.69, 9.17) is 16.4 Å². The van der Waals surface area contributed by atoms with Crippen molar-refractivity contribution in [1.82, 2.24) is 0 Å². The number of carboxylic acids is 1. The maximum Gasteiger partial charge on any atom is 0.320 e. The second-order valence-corrected chi connectivity index (χ2v) is 2.32. The van der Waals surface area contributed by atoms with Gasteiger partial charge in [-0.05, 0) is 6.42 Å². The van der Waals surface area contributed by atoms with Crippen molar-refractivity contribution in [3.8, 4) is 0 Å². The lowest BCUT2D eigenvalue weighted by Crippen LogP contribution is -2.30. The Labute approximate surface area is 69.3 Å². The Morgan fingerprint density at radius 2 is 2.17 bits per heavy atom. The van der Waals surface area contributed by atoms with E-state index in [1.165, 1.54) is 0 Å². The van der Waals surface area contributed by atoms with Crippen molar-refractivity contribution in [3.05, 3.63) is 5.53 Å². The summed E-state index contributed by atoms with van der Waals surface area (Å²) in [6.07, 6.45) is 0.0984. The van der Waals surface area contributed by atoms with Crippen LogP contribution in [0.3, 0.4) is 0 Å². The van der Waals surface area contributed by atoms with Crippen LogP contribution in [0.15, 0.2) is 5.11 Å². The van der Waals surface area contributed by atoms with Crippen LogP contribution in [0.1, 0.15) is 12.8 Å². The Bertz CT molecular complexity index is 192. The normalized spacial score (nSPS) is 12.1. The Kier molecular flexibility index (Phi) is 4.78. The number of carboxylic acid groups (broad SMARTS) is 1. The van der Waals surface area contributed by atoms with Crippen LogP contribution in [-0.2, 0) is 9.59 Å². The predicted molar refractivity (Wildman–Crippen MR) is 40.5 cm³/mol. The fraction of sp³-hybridized carbons (Fsp3) is 0.667. The Balaban J connectivity index is 3.60. The lowest BCUT2D eigenvalue weighted by Gasteiger charge is -2.04. The molecule has 0 radical (unpaired) electrons. The average Bonchev–Trinajstić information content (AvgIpc) is 2.00. The lowest BCUT2D eigenvalue weighted by atomic mass is 10.1. The Hall–Kier alpha value is -1.30. The molecule has 0 fully saturated rings. The quantitative estimate of drug-likeness (QED) is 0.538. The van der Waals surface area contributed by atoms with Crippen LogP contribution < -0.4 is 5.73 Å². The zero-order chi connectivity index (χ0) is 9.56. The largest absolute Gasteiger partial charge is 0.712 e. The molecule has 0 aliphatic heterocycles. The maximum atomic E-state index is 10.7. The first kappa shape index (κ1) is 10.7. The van der Waals surface area contributed by atoms with E-state index in [0.29, 0.717) is 0 Å². The molecule has 0 aromatic carbocycles. The van der Waals surface area contributed by atoms with Crippen LogP contribution in [0, 0.1) is 0 Å². The minimum absolute atomic E-state index is 0.0253. The first-order valence-electron chi connectivity index (χ1n) is 3.39. The van der Waals surface area contributed by atoms with Gasteiger partial charge in [-0.15, -0.1) is 0 Å². The summed E-state index contributed by atoms with van der Waals surface area (Å²) in [5.74, 6) is -1.46. The number of hydrogen-bond acceptors (Lipinski definition) is 4. The van der Waals surface area contributed by atoms with E-state index in [1.807, 2.05) is 0 Å². The Morgan fingerprint density at radius 1 is 1.58 bits per heavy atom. The van der Waals surface area contributed by atoms with Gasteiger partial charge in [0.15, 0.2) is 5.78 Å². The molecule has 0 aliphatic carbocycles. The molecule has 3 N–H and O–H groups in total. The second kappa shape index (κ2) is 5.36. The number of nitrogens with zero attached hydrogens (tertiary/aromatic N) is 2. The van der Waals surface area contributed by atoms with Crippen LogP contribution in [-0.4, -0.2) is 29.4 Å². The molecule has 0 aliphatic rings. The first-order valence-corrected chi connectivity index (χ1v) is 3.39. The molecule has 0 bridgehead atoms. The molecular weight excluding hydrogens is 162 g/mol. The van der Waals surface area contributed by atoms with E-state index in [9.17, 15) is 9.59 Å². The standard InChI is InChI=1S/C6H10N3O3/c7-5(6(11)12)2-1-4(10)3-9-8/h5H,1-3,7H2,(H,11,12)/q-1/t5-/m0/s1. The molecule has 6 nitrogen and oxygen atoms in total. The third-order valence-corrected chi connectivity index (χ3v) is 1.30. The monoisotopic (exact) mass is 172 g/mol. The number of hydrogen-bond donors (Lipinski definition) is 2. The van der Waals surface area contributed by atoms with E-state index in [0.717, 1.165) is 0 Å². The fourth-order valence-electron chi connectivity index (χ4n) is 0.598. The minimum atomic E-state index is -1.14. The van der Waals surface area contributed by atoms with Gasteiger partial charge in [0.2, 0.25) is 0 Å². The number of carbonyl (C=O) groups is 2. The molecule has 0 rings (SSSR count). The molecule has 0 saturated heterocycles. The van der Waals surface area contributed by atoms with Crippen molar-refractivity contribution < 1.29 is 14.7 Å². The summed E-state index contributed by atoms with van der Waals surface area (Å²) < 4.78 is 0. The van der Waals surface area contributed by atoms with Gasteiger partial charge in [-0.2, -0.15) is 0 Å². The molecule has 0 amide bonds. The van der Waals surface area contributed by atoms with E-state index >= 15 is 0 Å². The van der Waals surface area contributed by atoms with Crippen molar-refractivity contribution in [3.63, 3.8) is 0 Å². The topological polar surface area (TPSA) is 115 Å². The number of nitrogens with two attached hydrogens (primary N) is 1. The molecule has 1 atom stereocenters. The second-order valence-electron chi connectivity index (χ2n) is 2.32. The molecule has 12 heavy (non-hydrogen) atoms. The van der Waals surface area contributed by atoms with Crippen molar-refractivity contribution >= 4 is 11.8 Å². The van der Waals surface area contributed by atoms with Crippen molar-refractivity contribution in [2.45, 2.75) is 18.9 Å². The van der Waals surface area contributed by atoms with Gasteiger partial charge in [-0.3, -0.25) is 9.59 Å². The summed E-state index contributed by atoms with van der Waals surface area (Å²) in [5, 5.41) is 10.9. The van der Waals surface area contributed by atoms with Gasteiger partial charge in [0.05, 0.1) is 6.54 Å². The smallest absolute Gasteiger partial charge is 0.320 e. The Morgan fingerprint density at radius 3 is 2.58 bits per heavy atom. The van der Waals surface area contributed by atoms with Crippen LogP contribution in [0.4, 0.5) is 0 Å². The van der Waals surface area contributed by atoms with Gasteiger partial charge >= 0.3 is 5.97 Å². The van der Waals surface area contributed by atoms with Crippen LogP contribution in [0.2, 0.25) is 0 Å². The highest BCUT2D eigenvalue weighted by atomic mass is 16.4. The van der Waals surface area contributed by atoms with Crippen molar-refractivity contribution in [2.24, 2.45) is 10.8 Å². The lowest BCUT2D eigenvalue weighted by molar-refractivity contribution is -0.138. The number of carbonyl (C=O) groups excluding carboxylic acids is 1. The highest BCUT2D eigenvalue weighted by Crippen LogP contribution is 1.96. The summed E-state index contributed by atoms with van der Waals surface area (Å²) in [6, 6.07) is -1.02. The maximum absolute atomic E-state index is 10.7. The zero-order valence-electron chi connectivity index (χ0n) is 6.43. The number of aliphatic carboxylic acids is 1. The van der Waals surface area contributed by atoms with Crippen LogP contribution >= 0.6 is 0 Å². The summed E-state index contributed by atoms with van der Waals surface area (Å²) in [7, 11) is 0. The van der Waals surface area contributed by atoms with E-state index < -0.39 is 12.0 Å². The molecular formula is C6H10N3O3-. The molecule has 68 valence electrons. The number of Topliss-reactive ketones (excluding diaryl/α,β-unsaturated/α-hetero) is 1. The zero-order valence-corrected chi connectivity index (χ0v) is 6.43. The first-order chi connectivity index (χ1) is 5.57. The highest BCUT2D eigenvalue weighted by molar-refractivity contribution is 5.81. The van der Waals surface area contributed by atoms with Gasteiger partial charge in [0, 0.05) is 6.42 Å². The minimum Gasteiger partial charge on any atom is -0.712 e. The van der Waals surface area contributed by atoms with Gasteiger partial charge < -0.3 is 21.5 Å². The van der Waals surface area contributed by atoms with Crippen LogP contribution in [0.5, 0.6) is 0 Å². The van der Waals surface area contributed by atoms with Crippen LogP contribution in [0.25, 0.3) is 5.53 Å². The number of rotatable bonds is 6. The van der Waals surface area contributed by atoms with Gasteiger partial charge in [0.25, 0.3) is 0 Å². The number of ketones is 1. The van der Waals surface area contributed by atoms with E-state index in [1.54, 1.807) is 0 Å². The SMILES string of the molecule is [N-]=NCC(=O)CC[C@H](N)C(=O)O. The summed E-state index contributed by atoms with van der Waals surface area (Å²) in [5.41, 5.74) is 13.1. The molecule has 6 heteroatoms. The summed E-state index contributed by atoms with van der Waals surface area (Å²) in [6.45, 7) is -0.299. The molecule has 0 saturated carbocycles. The highest BCUT2D eigenvalue weighted by Gasteiger charge is 2.12. The fourth-order valence-corrected chi connectivity index (χ4v) is 0.598. The third-order valence-electron chi connectivity index (χ3n) is 1.30. The molecule has 0 aromatic heterocycles. The molecule has 0 heterocycles. The summed E-state index contributed by atoms with van der Waals surface area (Å²) >= 11 is 0. The summed E-state index contributed by atoms with van der Waals surface area (Å²) in [4.78, 5) is 20.8. The molecule has 0 spiro atoms. The molecule has 0 aromatic rings. The van der Waals surface area contributed by atoms with Crippen molar-refractivity contribution in [1.29, 1.82) is 0 Å². The van der Waals surface area contributed by atoms with Gasteiger partial charge in [-0.25, -0.2) is 0 Å². The van der Waals surface area contributed by atoms with E-state index in [-0.39, 0.29) is 25.2 Å². The molecule has 0 unspecified atom stereocenters. The predicted octanol–water partition coefficient (Wildman–Crippen LogP) is -0.231. The van der Waals surface area contributed by atoms with Crippen molar-refractivity contribution in [2.75, 3.05) is 6.54 Å². The van der Waals surface area contributed by atoms with Gasteiger partial charge in [0.1, 0.15) is 6.04 Å². The van der Waals surface area contributed by atoms with Gasteiger partial charge in [-0.1, -0.05) is 0 Å². The third kappa shape index (κ3) is 4.51. The van der Waals surface area contributed by atoms with E-state index in [2.05, 4.69) is 5.11 Å². The average molecular weight is 172 g/mol.